The van der Waals surface area contributed by atoms with Crippen molar-refractivity contribution in [2.24, 2.45) is 5.73 Å². The van der Waals surface area contributed by atoms with E-state index in [2.05, 4.69) is 0 Å². The van der Waals surface area contributed by atoms with Crippen LogP contribution >= 0.6 is 11.6 Å². The highest BCUT2D eigenvalue weighted by Crippen LogP contribution is 2.37. The lowest BCUT2D eigenvalue weighted by Gasteiger charge is -2.15. The van der Waals surface area contributed by atoms with Crippen LogP contribution in [0.1, 0.15) is 21.5 Å². The molecule has 2 aromatic carbocycles. The van der Waals surface area contributed by atoms with Crippen LogP contribution < -0.4 is 10.5 Å². The molecule has 2 rings (SSSR count). The second-order valence-electron chi connectivity index (χ2n) is 5.41. The maximum absolute atomic E-state index is 12.9. The molecule has 28 heavy (non-hydrogen) atoms. The quantitative estimate of drug-likeness (QED) is 0.687. The first-order valence-electron chi connectivity index (χ1n) is 7.03. The number of alkyl halides is 6. The number of nitrogens with two attached hydrogens (primary N) is 1. The number of nitrogens with one attached hydrogen (secondary N) is 1. The van der Waals surface area contributed by atoms with Crippen molar-refractivity contribution in [1.82, 2.24) is 0 Å². The van der Waals surface area contributed by atoms with E-state index in [0.29, 0.717) is 0 Å². The molecule has 0 saturated heterocycles. The molecule has 0 aliphatic carbocycles. The van der Waals surface area contributed by atoms with Crippen LogP contribution in [0.15, 0.2) is 41.3 Å². The topological polar surface area (TPSA) is 89.3 Å². The van der Waals surface area contributed by atoms with Crippen molar-refractivity contribution in [3.8, 4) is 0 Å². The predicted molar refractivity (Wildman–Crippen MR) is 87.2 cm³/mol. The van der Waals surface area contributed by atoms with E-state index in [-0.39, 0.29) is 28.8 Å². The van der Waals surface area contributed by atoms with Crippen LogP contribution in [0.5, 0.6) is 0 Å². The van der Waals surface area contributed by atoms with Crippen LogP contribution in [0.25, 0.3) is 0 Å². The number of halogens is 7. The minimum absolute atomic E-state index is 0.0451. The van der Waals surface area contributed by atoms with Crippen molar-refractivity contribution >= 4 is 33.2 Å². The van der Waals surface area contributed by atoms with Crippen LogP contribution in [0, 0.1) is 0 Å². The van der Waals surface area contributed by atoms with Crippen molar-refractivity contribution < 1.29 is 39.6 Å². The molecule has 0 unspecified atom stereocenters. The minimum Gasteiger partial charge on any atom is -0.366 e. The van der Waals surface area contributed by atoms with Gasteiger partial charge < -0.3 is 5.73 Å². The summed E-state index contributed by atoms with van der Waals surface area (Å²) in [6, 6.07) is 2.99. The van der Waals surface area contributed by atoms with Gasteiger partial charge in [-0.15, -0.1) is 0 Å². The Bertz CT molecular complexity index is 1000. The van der Waals surface area contributed by atoms with Gasteiger partial charge in [-0.2, -0.15) is 26.3 Å². The van der Waals surface area contributed by atoms with Crippen LogP contribution in [0.3, 0.4) is 0 Å². The van der Waals surface area contributed by atoms with Crippen molar-refractivity contribution in [2.75, 3.05) is 4.72 Å². The van der Waals surface area contributed by atoms with Gasteiger partial charge in [0, 0.05) is 5.56 Å². The van der Waals surface area contributed by atoms with Gasteiger partial charge in [-0.05, 0) is 36.4 Å². The van der Waals surface area contributed by atoms with E-state index in [4.69, 9.17) is 17.3 Å². The average molecular weight is 447 g/mol. The fraction of sp³-hybridized carbons (Fsp3) is 0.133. The van der Waals surface area contributed by atoms with E-state index in [1.165, 1.54) is 0 Å². The molecule has 0 radical (unpaired) electrons. The third kappa shape index (κ3) is 4.87. The molecule has 0 saturated carbocycles. The van der Waals surface area contributed by atoms with Gasteiger partial charge in [-0.3, -0.25) is 9.52 Å². The van der Waals surface area contributed by atoms with Crippen LogP contribution in [-0.2, 0) is 22.4 Å². The van der Waals surface area contributed by atoms with Gasteiger partial charge in [-0.25, -0.2) is 8.42 Å². The Morgan fingerprint density at radius 3 is 1.86 bits per heavy atom. The number of hydrogen-bond acceptors (Lipinski definition) is 3. The largest absolute Gasteiger partial charge is 0.416 e. The molecule has 0 aliphatic heterocycles. The molecule has 152 valence electrons. The lowest BCUT2D eigenvalue weighted by atomic mass is 10.1. The number of anilines is 1. The summed E-state index contributed by atoms with van der Waals surface area (Å²) in [6.45, 7) is 0. The molecule has 0 heterocycles. The van der Waals surface area contributed by atoms with Crippen molar-refractivity contribution in [2.45, 2.75) is 17.2 Å². The normalized spacial score (nSPS) is 12.7. The second-order valence-corrected chi connectivity index (χ2v) is 7.50. The number of carbonyl (C=O) groups is 1. The van der Waals surface area contributed by atoms with Gasteiger partial charge in [0.25, 0.3) is 10.0 Å². The highest BCUT2D eigenvalue weighted by Gasteiger charge is 2.38. The lowest BCUT2D eigenvalue weighted by Crippen LogP contribution is -2.18. The maximum Gasteiger partial charge on any atom is 0.416 e. The van der Waals surface area contributed by atoms with Crippen molar-refractivity contribution in [1.29, 1.82) is 0 Å². The predicted octanol–water partition coefficient (Wildman–Crippen LogP) is 4.28. The molecule has 0 aromatic heterocycles. The van der Waals surface area contributed by atoms with E-state index in [9.17, 15) is 39.6 Å². The molecule has 2 aromatic rings. The van der Waals surface area contributed by atoms with E-state index in [1.807, 2.05) is 0 Å². The van der Waals surface area contributed by atoms with E-state index < -0.39 is 50.0 Å². The van der Waals surface area contributed by atoms with E-state index in [1.54, 1.807) is 4.72 Å². The van der Waals surface area contributed by atoms with Gasteiger partial charge in [0.1, 0.15) is 0 Å². The number of benzene rings is 2. The first kappa shape index (κ1) is 21.8. The summed E-state index contributed by atoms with van der Waals surface area (Å²) in [5.74, 6) is -0.962. The van der Waals surface area contributed by atoms with Crippen molar-refractivity contribution in [3.63, 3.8) is 0 Å². The molecule has 0 atom stereocenters. The Balaban J connectivity index is 2.60. The standard InChI is InChI=1S/C15H9ClF6N2O3S/c16-11-2-1-7(13(23)25)3-12(11)24-28(26,27)10-5-8(14(17,18)19)4-9(6-10)15(20,21)22/h1-6,24H,(H2,23,25). The molecule has 3 N–H and O–H groups in total. The number of rotatable bonds is 4. The SMILES string of the molecule is NC(=O)c1ccc(Cl)c(NS(=O)(=O)c2cc(C(F)(F)F)cc(C(F)(F)F)c2)c1. The summed E-state index contributed by atoms with van der Waals surface area (Å²) in [6.07, 6.45) is -10.5. The molecule has 0 spiro atoms. The third-order valence-corrected chi connectivity index (χ3v) is 5.04. The third-order valence-electron chi connectivity index (χ3n) is 3.37. The van der Waals surface area contributed by atoms with E-state index in [0.717, 1.165) is 18.2 Å². The fourth-order valence-corrected chi connectivity index (χ4v) is 3.40. The van der Waals surface area contributed by atoms with Gasteiger partial charge in [-0.1, -0.05) is 11.6 Å². The number of sulfonamides is 1. The molecule has 1 amide bonds. The Kier molecular flexibility index (Phi) is 5.59. The highest BCUT2D eigenvalue weighted by molar-refractivity contribution is 7.92. The summed E-state index contributed by atoms with van der Waals surface area (Å²) < 4.78 is 104. The second kappa shape index (κ2) is 7.17. The summed E-state index contributed by atoms with van der Waals surface area (Å²) in [4.78, 5) is 9.87. The Labute approximate surface area is 159 Å². The molecule has 13 heteroatoms. The van der Waals surface area contributed by atoms with Crippen LogP contribution in [0.2, 0.25) is 5.02 Å². The molecular weight excluding hydrogens is 438 g/mol. The number of carbonyl (C=O) groups excluding carboxylic acids is 1. The number of amides is 1. The number of primary amides is 1. The first-order valence-corrected chi connectivity index (χ1v) is 8.89. The fourth-order valence-electron chi connectivity index (χ4n) is 2.04. The van der Waals surface area contributed by atoms with Crippen LogP contribution in [-0.4, -0.2) is 14.3 Å². The zero-order valence-electron chi connectivity index (χ0n) is 13.3. The highest BCUT2D eigenvalue weighted by atomic mass is 35.5. The Morgan fingerprint density at radius 2 is 1.43 bits per heavy atom. The van der Waals surface area contributed by atoms with Gasteiger partial charge in [0.05, 0.1) is 26.7 Å². The average Bonchev–Trinajstić information content (AvgIpc) is 2.54. The maximum atomic E-state index is 12.9. The molecule has 0 bridgehead atoms. The smallest absolute Gasteiger partial charge is 0.366 e. The Morgan fingerprint density at radius 1 is 0.929 bits per heavy atom. The molecular formula is C15H9ClF6N2O3S. The summed E-state index contributed by atoms with van der Waals surface area (Å²) in [7, 11) is -4.93. The minimum atomic E-state index is -5.23. The van der Waals surface area contributed by atoms with Gasteiger partial charge in [0.2, 0.25) is 5.91 Å². The Hall–Kier alpha value is -2.47. The van der Waals surface area contributed by atoms with Crippen molar-refractivity contribution in [3.05, 3.63) is 58.1 Å². The summed E-state index contributed by atoms with van der Waals surface area (Å²) >= 11 is 5.76. The molecule has 0 aliphatic rings. The zero-order chi connectivity index (χ0) is 21.5. The molecule has 5 nitrogen and oxygen atoms in total. The lowest BCUT2D eigenvalue weighted by molar-refractivity contribution is -0.143. The molecule has 0 fully saturated rings. The number of hydrogen-bond donors (Lipinski definition) is 2. The van der Waals surface area contributed by atoms with E-state index >= 15 is 0 Å². The first-order chi connectivity index (χ1) is 12.6. The monoisotopic (exact) mass is 446 g/mol. The van der Waals surface area contributed by atoms with Gasteiger partial charge >= 0.3 is 12.4 Å². The summed E-state index contributed by atoms with van der Waals surface area (Å²) in [5, 5.41) is -0.267. The summed E-state index contributed by atoms with van der Waals surface area (Å²) in [5.41, 5.74) is 0.775. The van der Waals surface area contributed by atoms with Gasteiger partial charge in [0.15, 0.2) is 0 Å². The zero-order valence-corrected chi connectivity index (χ0v) is 14.9. The van der Waals surface area contributed by atoms with Crippen LogP contribution in [0.4, 0.5) is 32.0 Å².